The zero-order valence-electron chi connectivity index (χ0n) is 12.7. The van der Waals surface area contributed by atoms with Crippen LogP contribution in [0.3, 0.4) is 0 Å². The predicted molar refractivity (Wildman–Crippen MR) is 84.6 cm³/mol. The maximum absolute atomic E-state index is 4.55. The highest BCUT2D eigenvalue weighted by atomic mass is 15.2. The Labute approximate surface area is 124 Å². The van der Waals surface area contributed by atoms with Gasteiger partial charge in [-0.15, -0.1) is 0 Å². The first kappa shape index (κ1) is 14.1. The molecule has 3 N–H and O–H groups in total. The fourth-order valence-electron chi connectivity index (χ4n) is 2.96. The Bertz CT molecular complexity index is 594. The fourth-order valence-corrected chi connectivity index (χ4v) is 2.96. The van der Waals surface area contributed by atoms with Crippen molar-refractivity contribution in [2.75, 3.05) is 36.8 Å². The van der Waals surface area contributed by atoms with Crippen molar-refractivity contribution in [3.63, 3.8) is 0 Å². The number of likely N-dealkylation sites (tertiary alicyclic amines) is 1. The molecular weight excluding hydrogens is 266 g/mol. The van der Waals surface area contributed by atoms with Crippen molar-refractivity contribution >= 4 is 22.9 Å². The van der Waals surface area contributed by atoms with Crippen LogP contribution in [-0.4, -0.2) is 57.1 Å². The summed E-state index contributed by atoms with van der Waals surface area (Å²) in [5, 5.41) is 6.63. The van der Waals surface area contributed by atoms with Crippen LogP contribution in [0.2, 0.25) is 0 Å². The van der Waals surface area contributed by atoms with Gasteiger partial charge in [0.25, 0.3) is 0 Å². The van der Waals surface area contributed by atoms with Crippen molar-refractivity contribution in [1.29, 1.82) is 0 Å². The predicted octanol–water partition coefficient (Wildman–Crippen LogP) is 1.68. The summed E-state index contributed by atoms with van der Waals surface area (Å²) in [5.74, 6) is 1.45. The molecule has 21 heavy (non-hydrogen) atoms. The minimum absolute atomic E-state index is 0.588. The van der Waals surface area contributed by atoms with Crippen LogP contribution >= 0.6 is 0 Å². The fraction of sp³-hybridized carbons (Fsp3) is 0.643. The number of anilines is 2. The van der Waals surface area contributed by atoms with Gasteiger partial charge in [0.2, 0.25) is 5.95 Å². The summed E-state index contributed by atoms with van der Waals surface area (Å²) < 4.78 is 0. The highest BCUT2D eigenvalue weighted by Gasteiger charge is 2.23. The molecule has 1 atom stereocenters. The number of hydrogen-bond acceptors (Lipinski definition) is 6. The van der Waals surface area contributed by atoms with Gasteiger partial charge < -0.3 is 15.6 Å². The summed E-state index contributed by atoms with van der Waals surface area (Å²) in [5.41, 5.74) is 1.57. The number of rotatable bonds is 6. The van der Waals surface area contributed by atoms with Crippen LogP contribution < -0.4 is 10.6 Å². The summed E-state index contributed by atoms with van der Waals surface area (Å²) in [6.45, 7) is 8.27. The summed E-state index contributed by atoms with van der Waals surface area (Å²) in [6, 6.07) is 0.588. The van der Waals surface area contributed by atoms with Crippen LogP contribution in [0, 0.1) is 0 Å². The van der Waals surface area contributed by atoms with Gasteiger partial charge >= 0.3 is 0 Å². The summed E-state index contributed by atoms with van der Waals surface area (Å²) in [6.07, 6.45) is 4.19. The molecule has 7 nitrogen and oxygen atoms in total. The number of fused-ring (bicyclic) bond motifs is 1. The first-order valence-electron chi connectivity index (χ1n) is 7.74. The third-order valence-electron chi connectivity index (χ3n) is 4.03. The second-order valence-electron chi connectivity index (χ2n) is 5.33. The van der Waals surface area contributed by atoms with Crippen LogP contribution in [0.4, 0.5) is 11.8 Å². The molecule has 114 valence electrons. The van der Waals surface area contributed by atoms with Gasteiger partial charge in [-0.2, -0.15) is 9.97 Å². The van der Waals surface area contributed by atoms with Crippen molar-refractivity contribution < 1.29 is 0 Å². The van der Waals surface area contributed by atoms with Crippen molar-refractivity contribution in [3.05, 3.63) is 6.33 Å². The minimum atomic E-state index is 0.588. The third-order valence-corrected chi connectivity index (χ3v) is 4.03. The standard InChI is InChI=1S/C14H23N7/c1-3-15-14-19-12(11-13(20-14)18-9-17-11)16-8-10-6-5-7-21(10)4-2/h9-10H,3-8H2,1-2H3,(H3,15,16,17,18,19,20). The lowest BCUT2D eigenvalue weighted by Crippen LogP contribution is -2.34. The first-order chi connectivity index (χ1) is 10.3. The maximum atomic E-state index is 4.55. The molecule has 0 amide bonds. The maximum Gasteiger partial charge on any atom is 0.226 e. The molecule has 2 aromatic heterocycles. The quantitative estimate of drug-likeness (QED) is 0.750. The Balaban J connectivity index is 1.77. The average Bonchev–Trinajstić information content (AvgIpc) is 3.13. The van der Waals surface area contributed by atoms with Crippen LogP contribution in [0.15, 0.2) is 6.33 Å². The Morgan fingerprint density at radius 3 is 3.05 bits per heavy atom. The summed E-state index contributed by atoms with van der Waals surface area (Å²) >= 11 is 0. The van der Waals surface area contributed by atoms with E-state index in [0.29, 0.717) is 17.6 Å². The molecule has 0 spiro atoms. The second kappa shape index (κ2) is 6.26. The van der Waals surface area contributed by atoms with Gasteiger partial charge in [0, 0.05) is 19.1 Å². The Kier molecular flexibility index (Phi) is 4.19. The zero-order valence-corrected chi connectivity index (χ0v) is 12.7. The van der Waals surface area contributed by atoms with Crippen molar-refractivity contribution in [2.45, 2.75) is 32.7 Å². The zero-order chi connectivity index (χ0) is 14.7. The van der Waals surface area contributed by atoms with Gasteiger partial charge in [-0.25, -0.2) is 4.98 Å². The molecule has 7 heteroatoms. The molecule has 3 heterocycles. The number of likely N-dealkylation sites (N-methyl/N-ethyl adjacent to an activating group) is 1. The Hall–Kier alpha value is -1.89. The molecule has 1 unspecified atom stereocenters. The van der Waals surface area contributed by atoms with E-state index < -0.39 is 0 Å². The van der Waals surface area contributed by atoms with Gasteiger partial charge in [-0.05, 0) is 32.9 Å². The highest BCUT2D eigenvalue weighted by molar-refractivity contribution is 5.83. The lowest BCUT2D eigenvalue weighted by molar-refractivity contribution is 0.277. The van der Waals surface area contributed by atoms with Gasteiger partial charge in [0.1, 0.15) is 5.52 Å². The van der Waals surface area contributed by atoms with Gasteiger partial charge in [-0.3, -0.25) is 4.90 Å². The molecule has 2 aromatic rings. The molecule has 0 radical (unpaired) electrons. The van der Waals surface area contributed by atoms with Crippen LogP contribution in [-0.2, 0) is 0 Å². The van der Waals surface area contributed by atoms with Gasteiger partial charge in [0.15, 0.2) is 11.5 Å². The Morgan fingerprint density at radius 2 is 2.24 bits per heavy atom. The third kappa shape index (κ3) is 2.92. The lowest BCUT2D eigenvalue weighted by Gasteiger charge is -2.23. The molecular formula is C14H23N7. The molecule has 0 saturated carbocycles. The molecule has 1 aliphatic rings. The number of H-pyrrole nitrogens is 1. The molecule has 1 aliphatic heterocycles. The van der Waals surface area contributed by atoms with E-state index >= 15 is 0 Å². The van der Waals surface area contributed by atoms with E-state index in [2.05, 4.69) is 42.4 Å². The van der Waals surface area contributed by atoms with Crippen molar-refractivity contribution in [2.24, 2.45) is 0 Å². The number of aromatic nitrogens is 4. The van der Waals surface area contributed by atoms with Crippen molar-refractivity contribution in [1.82, 2.24) is 24.8 Å². The topological polar surface area (TPSA) is 81.8 Å². The first-order valence-corrected chi connectivity index (χ1v) is 7.74. The van der Waals surface area contributed by atoms with Crippen LogP contribution in [0.5, 0.6) is 0 Å². The molecule has 1 fully saturated rings. The smallest absolute Gasteiger partial charge is 0.226 e. The SMILES string of the molecule is CCNc1nc(NCC2CCCN2CC)c2[nH]cnc2n1. The normalized spacial score (nSPS) is 19.2. The van der Waals surface area contributed by atoms with E-state index in [1.165, 1.54) is 19.4 Å². The average molecular weight is 289 g/mol. The number of aromatic amines is 1. The Morgan fingerprint density at radius 1 is 1.33 bits per heavy atom. The van der Waals surface area contributed by atoms with Crippen LogP contribution in [0.1, 0.15) is 26.7 Å². The number of hydrogen-bond donors (Lipinski definition) is 3. The lowest BCUT2D eigenvalue weighted by atomic mass is 10.2. The van der Waals surface area contributed by atoms with E-state index in [1.807, 2.05) is 6.92 Å². The monoisotopic (exact) mass is 289 g/mol. The van der Waals surface area contributed by atoms with E-state index in [-0.39, 0.29) is 0 Å². The molecule has 0 aromatic carbocycles. The minimum Gasteiger partial charge on any atom is -0.367 e. The number of imidazole rings is 1. The number of nitrogens with zero attached hydrogens (tertiary/aromatic N) is 4. The molecule has 3 rings (SSSR count). The largest absolute Gasteiger partial charge is 0.367 e. The van der Waals surface area contributed by atoms with E-state index in [0.717, 1.165) is 31.0 Å². The number of nitrogens with one attached hydrogen (secondary N) is 3. The van der Waals surface area contributed by atoms with Crippen LogP contribution in [0.25, 0.3) is 11.2 Å². The van der Waals surface area contributed by atoms with E-state index in [1.54, 1.807) is 6.33 Å². The molecule has 0 aliphatic carbocycles. The van der Waals surface area contributed by atoms with E-state index in [9.17, 15) is 0 Å². The highest BCUT2D eigenvalue weighted by Crippen LogP contribution is 2.21. The van der Waals surface area contributed by atoms with Gasteiger partial charge in [-0.1, -0.05) is 6.92 Å². The summed E-state index contributed by atoms with van der Waals surface area (Å²) in [7, 11) is 0. The second-order valence-corrected chi connectivity index (χ2v) is 5.33. The molecule has 1 saturated heterocycles. The van der Waals surface area contributed by atoms with Gasteiger partial charge in [0.05, 0.1) is 6.33 Å². The van der Waals surface area contributed by atoms with Crippen molar-refractivity contribution in [3.8, 4) is 0 Å². The van der Waals surface area contributed by atoms with E-state index in [4.69, 9.17) is 0 Å². The molecule has 0 bridgehead atoms. The summed E-state index contributed by atoms with van der Waals surface area (Å²) in [4.78, 5) is 18.8.